The lowest BCUT2D eigenvalue weighted by molar-refractivity contribution is 0.674. The molecular formula is C9H8O2Si2. The average molecular weight is 204 g/mol. The lowest BCUT2D eigenvalue weighted by atomic mass is 10.4. The Kier molecular flexibility index (Phi) is 2.42. The van der Waals surface area contributed by atoms with Gasteiger partial charge in [0.05, 0.1) is 6.26 Å². The highest BCUT2D eigenvalue weighted by molar-refractivity contribution is 6.75. The molecule has 0 fully saturated rings. The summed E-state index contributed by atoms with van der Waals surface area (Å²) in [5.41, 5.74) is 2.35. The molecule has 3 rings (SSSR count). The van der Waals surface area contributed by atoms with Gasteiger partial charge >= 0.3 is 0 Å². The Labute approximate surface area is 79.3 Å². The first-order chi connectivity index (χ1) is 6.39. The third kappa shape index (κ3) is 1.96. The fraction of sp³-hybridized carbons (Fsp3) is 0. The quantitative estimate of drug-likeness (QED) is 0.499. The highest BCUT2D eigenvalue weighted by atomic mass is 28.9. The Hall–Kier alpha value is -1.14. The molecule has 0 radical (unpaired) electrons. The second-order valence-corrected chi connectivity index (χ2v) is 5.95. The molecule has 0 spiro atoms. The van der Waals surface area contributed by atoms with Gasteiger partial charge in [-0.25, -0.2) is 0 Å². The van der Waals surface area contributed by atoms with Crippen LogP contribution in [0.25, 0.3) is 10.8 Å². The van der Waals surface area contributed by atoms with Crippen molar-refractivity contribution in [2.75, 3.05) is 0 Å². The van der Waals surface area contributed by atoms with E-state index in [-0.39, 0.29) is 5.43 Å². The van der Waals surface area contributed by atoms with Crippen molar-refractivity contribution >= 4 is 28.3 Å². The lowest BCUT2D eigenvalue weighted by Crippen LogP contribution is -1.66. The molecule has 0 amide bonds. The molecule has 2 aromatic carbocycles. The molecule has 3 aromatic rings. The summed E-state index contributed by atoms with van der Waals surface area (Å²) in [5.74, 6) is 0. The standard InChI is InChI=1S/C7H4O.C2H4OSi2/c8-7-5-3-1-2-4-6(5)7;1-2-4-5-3-1/h1-4H;1-2,4-5H. The molecule has 13 heavy (non-hydrogen) atoms. The smallest absolute Gasteiger partial charge is 0.194 e. The molecule has 0 aliphatic rings. The molecule has 2 nitrogen and oxygen atoms in total. The molecule has 0 N–H and O–H groups in total. The fourth-order valence-electron chi connectivity index (χ4n) is 1.06. The Morgan fingerprint density at radius 2 is 1.85 bits per heavy atom. The summed E-state index contributed by atoms with van der Waals surface area (Å²) in [7, 11) is 1.00. The van der Waals surface area contributed by atoms with Crippen LogP contribution in [0, 0.1) is 0 Å². The van der Waals surface area contributed by atoms with E-state index >= 15 is 0 Å². The number of fused-ring (bicyclic) bond motifs is 1. The molecule has 64 valence electrons. The predicted octanol–water partition coefficient (Wildman–Crippen LogP) is 0.496. The molecule has 1 heterocycles. The summed E-state index contributed by atoms with van der Waals surface area (Å²) in [6, 6.07) is 7.45. The van der Waals surface area contributed by atoms with Gasteiger partial charge in [-0.3, -0.25) is 4.79 Å². The zero-order valence-corrected chi connectivity index (χ0v) is 9.24. The number of hydrogen-bond acceptors (Lipinski definition) is 2. The monoisotopic (exact) mass is 204 g/mol. The largest absolute Gasteiger partial charge is 0.531 e. The van der Waals surface area contributed by atoms with Gasteiger partial charge in [-0.2, -0.15) is 0 Å². The van der Waals surface area contributed by atoms with Gasteiger partial charge in [-0.1, -0.05) is 24.3 Å². The van der Waals surface area contributed by atoms with Gasteiger partial charge in [0.1, 0.15) is 0 Å². The summed E-state index contributed by atoms with van der Waals surface area (Å²) in [6.45, 7) is 0. The van der Waals surface area contributed by atoms with Gasteiger partial charge in [-0.15, -0.1) is 0 Å². The Morgan fingerprint density at radius 1 is 1.15 bits per heavy atom. The first kappa shape index (κ1) is 8.46. The Bertz CT molecular complexity index is 444. The third-order valence-electron chi connectivity index (χ3n) is 1.78. The van der Waals surface area contributed by atoms with Crippen molar-refractivity contribution in [3.05, 3.63) is 46.4 Å². The van der Waals surface area contributed by atoms with Crippen LogP contribution in [0.15, 0.2) is 45.1 Å². The van der Waals surface area contributed by atoms with Crippen LogP contribution in [0.3, 0.4) is 0 Å². The summed E-state index contributed by atoms with van der Waals surface area (Å²) < 4.78 is 4.88. The van der Waals surface area contributed by atoms with Gasteiger partial charge in [-0.05, 0) is 5.68 Å². The van der Waals surface area contributed by atoms with E-state index in [0.717, 1.165) is 10.8 Å². The Morgan fingerprint density at radius 3 is 2.15 bits per heavy atom. The topological polar surface area (TPSA) is 30.2 Å². The summed E-state index contributed by atoms with van der Waals surface area (Å²) in [6.07, 6.45) is 1.81. The van der Waals surface area contributed by atoms with Crippen molar-refractivity contribution < 1.29 is 4.10 Å². The van der Waals surface area contributed by atoms with Crippen LogP contribution in [0.2, 0.25) is 0 Å². The molecule has 1 aromatic heterocycles. The molecule has 0 saturated carbocycles. The number of benzene rings is 1. The number of rotatable bonds is 0. The molecule has 0 saturated heterocycles. The summed E-state index contributed by atoms with van der Waals surface area (Å²) in [5, 5.41) is 1.79. The molecule has 0 aliphatic carbocycles. The van der Waals surface area contributed by atoms with Crippen molar-refractivity contribution in [3.63, 3.8) is 0 Å². The maximum atomic E-state index is 10.5. The van der Waals surface area contributed by atoms with Crippen molar-refractivity contribution in [1.29, 1.82) is 0 Å². The minimum atomic E-state index is 0.218. The van der Waals surface area contributed by atoms with Crippen LogP contribution in [0.4, 0.5) is 0 Å². The maximum Gasteiger partial charge on any atom is 0.194 e. The highest BCUT2D eigenvalue weighted by Gasteiger charge is 2.07. The van der Waals surface area contributed by atoms with Crippen LogP contribution in [-0.2, 0) is 0 Å². The molecule has 4 heteroatoms. The third-order valence-corrected chi connectivity index (χ3v) is 4.24. The first-order valence-electron chi connectivity index (χ1n) is 4.00. The summed E-state index contributed by atoms with van der Waals surface area (Å²) >= 11 is 0. The van der Waals surface area contributed by atoms with Crippen LogP contribution < -0.4 is 5.43 Å². The maximum absolute atomic E-state index is 10.5. The average Bonchev–Trinajstić information content (AvgIpc) is 2.67. The van der Waals surface area contributed by atoms with Gasteiger partial charge in [0.25, 0.3) is 0 Å². The molecule has 0 bridgehead atoms. The zero-order valence-electron chi connectivity index (χ0n) is 6.94. The van der Waals surface area contributed by atoms with E-state index < -0.39 is 0 Å². The molecular weight excluding hydrogens is 196 g/mol. The Balaban J connectivity index is 0.000000113. The highest BCUT2D eigenvalue weighted by Crippen LogP contribution is 2.11. The van der Waals surface area contributed by atoms with Gasteiger partial charge in [0, 0.05) is 19.4 Å². The van der Waals surface area contributed by atoms with Crippen molar-refractivity contribution in [2.45, 2.75) is 0 Å². The van der Waals surface area contributed by atoms with Gasteiger partial charge in [0.2, 0.25) is 0 Å². The van der Waals surface area contributed by atoms with Gasteiger partial charge < -0.3 is 4.10 Å². The first-order valence-corrected chi connectivity index (χ1v) is 7.81. The van der Waals surface area contributed by atoms with E-state index in [9.17, 15) is 4.79 Å². The van der Waals surface area contributed by atoms with E-state index in [2.05, 4.69) is 5.68 Å². The lowest BCUT2D eigenvalue weighted by Gasteiger charge is -1.66. The van der Waals surface area contributed by atoms with E-state index in [0.29, 0.717) is 17.5 Å². The zero-order chi connectivity index (χ0) is 9.10. The molecule has 0 unspecified atom stereocenters. The second-order valence-electron chi connectivity index (χ2n) is 2.67. The van der Waals surface area contributed by atoms with Crippen LogP contribution in [-0.4, -0.2) is 17.5 Å². The van der Waals surface area contributed by atoms with E-state index in [1.807, 2.05) is 30.5 Å². The van der Waals surface area contributed by atoms with E-state index in [1.165, 1.54) is 0 Å². The second kappa shape index (κ2) is 3.72. The SMILES string of the molecule is O=c1c2ccccc12.c1c[siH][siH]o1. The molecule has 0 aliphatic heterocycles. The minimum absolute atomic E-state index is 0.218. The summed E-state index contributed by atoms with van der Waals surface area (Å²) in [4.78, 5) is 10.5. The van der Waals surface area contributed by atoms with Crippen molar-refractivity contribution in [2.24, 2.45) is 0 Å². The van der Waals surface area contributed by atoms with Crippen LogP contribution >= 0.6 is 0 Å². The normalized spacial score (nSPS) is 9.85. The van der Waals surface area contributed by atoms with E-state index in [1.54, 1.807) is 0 Å². The van der Waals surface area contributed by atoms with Crippen molar-refractivity contribution in [3.8, 4) is 0 Å². The van der Waals surface area contributed by atoms with Crippen molar-refractivity contribution in [1.82, 2.24) is 0 Å². The van der Waals surface area contributed by atoms with Crippen LogP contribution in [0.1, 0.15) is 0 Å². The molecule has 0 atom stereocenters. The minimum Gasteiger partial charge on any atom is -0.531 e. The van der Waals surface area contributed by atoms with Gasteiger partial charge in [0.15, 0.2) is 14.3 Å². The fourth-order valence-corrected chi connectivity index (χ4v) is 2.87. The van der Waals surface area contributed by atoms with Crippen LogP contribution in [0.5, 0.6) is 0 Å². The van der Waals surface area contributed by atoms with E-state index in [4.69, 9.17) is 4.10 Å². The number of hydrogen-bond donors (Lipinski definition) is 0. The predicted molar refractivity (Wildman–Crippen MR) is 56.8 cm³/mol.